The molecular weight excluding hydrogens is 209 g/mol. The first kappa shape index (κ1) is 11.1. The van der Waals surface area contributed by atoms with E-state index < -0.39 is 29.0 Å². The minimum atomic E-state index is -1.36. The number of halogens is 3. The average molecular weight is 214 g/mol. The van der Waals surface area contributed by atoms with E-state index in [0.29, 0.717) is 12.1 Å². The zero-order valence-electron chi connectivity index (χ0n) is 7.61. The molecule has 1 rings (SSSR count). The van der Waals surface area contributed by atoms with Gasteiger partial charge in [-0.3, -0.25) is 0 Å². The summed E-state index contributed by atoms with van der Waals surface area (Å²) in [5.41, 5.74) is -0.530. The van der Waals surface area contributed by atoms with Crippen LogP contribution in [0.3, 0.4) is 0 Å². The predicted molar refractivity (Wildman–Crippen MR) is 45.2 cm³/mol. The number of esters is 1. The maximum atomic E-state index is 12.9. The highest BCUT2D eigenvalue weighted by Gasteiger charge is 2.09. The Kier molecular flexibility index (Phi) is 3.34. The Morgan fingerprint density at radius 3 is 2.60 bits per heavy atom. The zero-order chi connectivity index (χ0) is 11.4. The first-order chi connectivity index (χ1) is 7.04. The van der Waals surface area contributed by atoms with E-state index in [1.807, 2.05) is 11.8 Å². The summed E-state index contributed by atoms with van der Waals surface area (Å²) >= 11 is 0. The lowest BCUT2D eigenvalue weighted by atomic mass is 10.2. The summed E-state index contributed by atoms with van der Waals surface area (Å²) in [7, 11) is 1.08. The van der Waals surface area contributed by atoms with Crippen LogP contribution in [0.2, 0.25) is 0 Å². The number of carbonyl (C=O) groups excluding carboxylic acids is 1. The summed E-state index contributed by atoms with van der Waals surface area (Å²) in [6, 6.07) is 1.08. The zero-order valence-corrected chi connectivity index (χ0v) is 7.61. The molecule has 15 heavy (non-hydrogen) atoms. The van der Waals surface area contributed by atoms with Crippen molar-refractivity contribution < 1.29 is 22.7 Å². The molecule has 0 heterocycles. The number of carbonyl (C=O) groups is 1. The maximum Gasteiger partial charge on any atom is 0.384 e. The quantitative estimate of drug-likeness (QED) is 0.372. The van der Waals surface area contributed by atoms with Crippen molar-refractivity contribution >= 4 is 5.97 Å². The fraction of sp³-hybridized carbons (Fsp3) is 0.100. The van der Waals surface area contributed by atoms with Gasteiger partial charge in [0.15, 0.2) is 11.6 Å². The van der Waals surface area contributed by atoms with E-state index in [9.17, 15) is 18.0 Å². The van der Waals surface area contributed by atoms with Crippen LogP contribution in [-0.2, 0) is 9.53 Å². The Balaban J connectivity index is 3.13. The second-order valence-corrected chi connectivity index (χ2v) is 2.49. The molecule has 78 valence electrons. The number of ether oxygens (including phenoxy) is 1. The van der Waals surface area contributed by atoms with E-state index in [4.69, 9.17) is 0 Å². The maximum absolute atomic E-state index is 12.9. The second kappa shape index (κ2) is 4.51. The Morgan fingerprint density at radius 1 is 1.33 bits per heavy atom. The highest BCUT2D eigenvalue weighted by molar-refractivity contribution is 5.89. The van der Waals surface area contributed by atoms with Crippen LogP contribution in [0.5, 0.6) is 0 Å². The van der Waals surface area contributed by atoms with Crippen LogP contribution >= 0.6 is 0 Å². The van der Waals surface area contributed by atoms with Crippen LogP contribution in [0.4, 0.5) is 13.2 Å². The smallest absolute Gasteiger partial charge is 0.384 e. The van der Waals surface area contributed by atoms with Crippen molar-refractivity contribution in [2.45, 2.75) is 0 Å². The summed E-state index contributed by atoms with van der Waals surface area (Å²) in [6.07, 6.45) is 0. The number of methoxy groups -OCH3 is 1. The minimum Gasteiger partial charge on any atom is -0.459 e. The van der Waals surface area contributed by atoms with Crippen molar-refractivity contribution in [2.75, 3.05) is 7.11 Å². The van der Waals surface area contributed by atoms with Gasteiger partial charge in [0.2, 0.25) is 0 Å². The van der Waals surface area contributed by atoms with Crippen LogP contribution in [-0.4, -0.2) is 13.1 Å². The molecule has 0 unspecified atom stereocenters. The van der Waals surface area contributed by atoms with Crippen LogP contribution in [0, 0.1) is 29.3 Å². The molecule has 1 aromatic rings. The van der Waals surface area contributed by atoms with Gasteiger partial charge >= 0.3 is 5.97 Å². The number of hydrogen-bond donors (Lipinski definition) is 0. The Hall–Kier alpha value is -1.96. The molecule has 0 saturated carbocycles. The molecule has 0 saturated heterocycles. The summed E-state index contributed by atoms with van der Waals surface area (Å²) in [5, 5.41) is 0. The molecule has 0 aromatic heterocycles. The SMILES string of the molecule is COC(=O)C#Cc1cc(F)cc(F)c1F. The van der Waals surface area contributed by atoms with E-state index in [-0.39, 0.29) is 0 Å². The molecule has 0 aliphatic heterocycles. The number of hydrogen-bond acceptors (Lipinski definition) is 2. The van der Waals surface area contributed by atoms with Crippen LogP contribution < -0.4 is 0 Å². The normalized spacial score (nSPS) is 9.07. The van der Waals surface area contributed by atoms with Crippen LogP contribution in [0.1, 0.15) is 5.56 Å². The molecule has 0 N–H and O–H groups in total. The highest BCUT2D eigenvalue weighted by Crippen LogP contribution is 2.12. The van der Waals surface area contributed by atoms with Gasteiger partial charge in [0, 0.05) is 12.0 Å². The van der Waals surface area contributed by atoms with Gasteiger partial charge < -0.3 is 4.74 Å². The van der Waals surface area contributed by atoms with Crippen molar-refractivity contribution in [3.63, 3.8) is 0 Å². The van der Waals surface area contributed by atoms with Gasteiger partial charge in [0.25, 0.3) is 0 Å². The predicted octanol–water partition coefficient (Wildman–Crippen LogP) is 1.63. The molecule has 0 aliphatic carbocycles. The Bertz CT molecular complexity index is 458. The van der Waals surface area contributed by atoms with E-state index in [2.05, 4.69) is 4.74 Å². The largest absolute Gasteiger partial charge is 0.459 e. The minimum absolute atomic E-state index is 0.388. The molecule has 0 aliphatic rings. The van der Waals surface area contributed by atoms with Crippen molar-refractivity contribution in [1.29, 1.82) is 0 Å². The third-order valence-corrected chi connectivity index (χ3v) is 1.48. The fourth-order valence-corrected chi connectivity index (χ4v) is 0.816. The van der Waals surface area contributed by atoms with Crippen molar-refractivity contribution in [3.05, 3.63) is 35.1 Å². The topological polar surface area (TPSA) is 26.3 Å². The van der Waals surface area contributed by atoms with Crippen LogP contribution in [0.15, 0.2) is 12.1 Å². The summed E-state index contributed by atoms with van der Waals surface area (Å²) in [5.74, 6) is -0.717. The monoisotopic (exact) mass is 214 g/mol. The van der Waals surface area contributed by atoms with E-state index in [1.54, 1.807) is 0 Å². The fourth-order valence-electron chi connectivity index (χ4n) is 0.816. The molecule has 0 fully saturated rings. The number of rotatable bonds is 0. The third-order valence-electron chi connectivity index (χ3n) is 1.48. The molecule has 1 aromatic carbocycles. The van der Waals surface area contributed by atoms with Gasteiger partial charge in [-0.25, -0.2) is 18.0 Å². The molecule has 0 amide bonds. The standard InChI is InChI=1S/C10H5F3O2/c1-15-9(14)3-2-6-4-7(11)5-8(12)10(6)13/h4-5H,1H3. The molecule has 0 spiro atoms. The van der Waals surface area contributed by atoms with Gasteiger partial charge in [-0.2, -0.15) is 0 Å². The molecule has 2 nitrogen and oxygen atoms in total. The lowest BCUT2D eigenvalue weighted by Crippen LogP contribution is -1.96. The van der Waals surface area contributed by atoms with Gasteiger partial charge in [0.1, 0.15) is 5.82 Å². The summed E-state index contributed by atoms with van der Waals surface area (Å²) < 4.78 is 42.4. The van der Waals surface area contributed by atoms with Gasteiger partial charge in [0.05, 0.1) is 12.7 Å². The average Bonchev–Trinajstić information content (AvgIpc) is 2.20. The lowest BCUT2D eigenvalue weighted by Gasteiger charge is -1.96. The van der Waals surface area contributed by atoms with Crippen molar-refractivity contribution in [2.24, 2.45) is 0 Å². The molecule has 0 radical (unpaired) electrons. The van der Waals surface area contributed by atoms with Gasteiger partial charge in [-0.05, 0) is 6.07 Å². The van der Waals surface area contributed by atoms with E-state index >= 15 is 0 Å². The first-order valence-corrected chi connectivity index (χ1v) is 3.79. The second-order valence-electron chi connectivity index (χ2n) is 2.49. The van der Waals surface area contributed by atoms with Gasteiger partial charge in [-0.1, -0.05) is 5.92 Å². The summed E-state index contributed by atoms with van der Waals surface area (Å²) in [4.78, 5) is 10.6. The highest BCUT2D eigenvalue weighted by atomic mass is 19.2. The molecular formula is C10H5F3O2. The summed E-state index contributed by atoms with van der Waals surface area (Å²) in [6.45, 7) is 0. The molecule has 0 atom stereocenters. The van der Waals surface area contributed by atoms with Crippen molar-refractivity contribution in [3.8, 4) is 11.8 Å². The Morgan fingerprint density at radius 2 is 2.00 bits per heavy atom. The Labute approximate surface area is 83.7 Å². The lowest BCUT2D eigenvalue weighted by molar-refractivity contribution is -0.133. The van der Waals surface area contributed by atoms with Crippen molar-refractivity contribution in [1.82, 2.24) is 0 Å². The number of benzene rings is 1. The molecule has 0 bridgehead atoms. The molecule has 5 heteroatoms. The van der Waals surface area contributed by atoms with E-state index in [0.717, 1.165) is 7.11 Å². The van der Waals surface area contributed by atoms with E-state index in [1.165, 1.54) is 0 Å². The van der Waals surface area contributed by atoms with Crippen LogP contribution in [0.25, 0.3) is 0 Å². The first-order valence-electron chi connectivity index (χ1n) is 3.79. The third kappa shape index (κ3) is 2.74. The van der Waals surface area contributed by atoms with Gasteiger partial charge in [-0.15, -0.1) is 0 Å².